The number of likely N-dealkylation sites (tertiary alicyclic amines) is 1. The van der Waals surface area contributed by atoms with E-state index in [-0.39, 0.29) is 35.9 Å². The molecule has 1 N–H and O–H groups in total. The molecule has 1 heterocycles. The molecule has 10 heteroatoms. The van der Waals surface area contributed by atoms with Crippen LogP contribution >= 0.6 is 0 Å². The lowest BCUT2D eigenvalue weighted by Gasteiger charge is -2.39. The summed E-state index contributed by atoms with van der Waals surface area (Å²) in [4.78, 5) is 27.7. The zero-order chi connectivity index (χ0) is 26.6. The van der Waals surface area contributed by atoms with Crippen LogP contribution in [0.15, 0.2) is 72.8 Å². The van der Waals surface area contributed by atoms with E-state index in [1.165, 1.54) is 42.3 Å². The third kappa shape index (κ3) is 6.19. The van der Waals surface area contributed by atoms with Crippen molar-refractivity contribution < 1.29 is 36.6 Å². The Kier molecular flexibility index (Phi) is 7.66. The molecule has 3 aromatic rings. The number of halogens is 4. The SMILES string of the molecule is COc1ccc(C(=O)N2CC[C@@H](NC(=O)c3ccccc3OC(F)(F)F)[C@@H](c3ccccc3)C2)c(F)c1. The van der Waals surface area contributed by atoms with E-state index < -0.39 is 35.8 Å². The van der Waals surface area contributed by atoms with Crippen LogP contribution in [0.4, 0.5) is 17.6 Å². The molecule has 1 aliphatic rings. The van der Waals surface area contributed by atoms with E-state index in [9.17, 15) is 27.2 Å². The van der Waals surface area contributed by atoms with E-state index in [2.05, 4.69) is 10.1 Å². The Labute approximate surface area is 210 Å². The van der Waals surface area contributed by atoms with Gasteiger partial charge in [-0.1, -0.05) is 42.5 Å². The van der Waals surface area contributed by atoms with Gasteiger partial charge in [0, 0.05) is 31.1 Å². The van der Waals surface area contributed by atoms with Crippen molar-refractivity contribution in [2.24, 2.45) is 0 Å². The van der Waals surface area contributed by atoms with Crippen LogP contribution in [0, 0.1) is 5.82 Å². The summed E-state index contributed by atoms with van der Waals surface area (Å²) >= 11 is 0. The first-order valence-corrected chi connectivity index (χ1v) is 11.5. The van der Waals surface area contributed by atoms with Gasteiger partial charge < -0.3 is 19.7 Å². The lowest BCUT2D eigenvalue weighted by Crippen LogP contribution is -2.51. The van der Waals surface area contributed by atoms with Gasteiger partial charge in [0.05, 0.1) is 18.2 Å². The molecule has 6 nitrogen and oxygen atoms in total. The van der Waals surface area contributed by atoms with Crippen LogP contribution in [-0.2, 0) is 0 Å². The predicted molar refractivity (Wildman–Crippen MR) is 127 cm³/mol. The van der Waals surface area contributed by atoms with Crippen LogP contribution in [0.5, 0.6) is 11.5 Å². The van der Waals surface area contributed by atoms with Crippen molar-refractivity contribution in [1.82, 2.24) is 10.2 Å². The van der Waals surface area contributed by atoms with Gasteiger partial charge in [0.25, 0.3) is 11.8 Å². The van der Waals surface area contributed by atoms with Gasteiger partial charge in [0.2, 0.25) is 0 Å². The zero-order valence-electron chi connectivity index (χ0n) is 19.8. The summed E-state index contributed by atoms with van der Waals surface area (Å²) in [6.45, 7) is 0.374. The standard InChI is InChI=1S/C27H24F4N2O4/c1-36-18-11-12-19(22(28)15-18)26(35)33-14-13-23(21(16-33)17-7-3-2-4-8-17)32-25(34)20-9-5-6-10-24(20)37-27(29,30)31/h2-12,15,21,23H,13-14,16H2,1H3,(H,32,34)/t21-,23-/m1/s1. The number of piperidine rings is 1. The Bertz CT molecular complexity index is 1270. The van der Waals surface area contributed by atoms with E-state index in [1.807, 2.05) is 30.3 Å². The van der Waals surface area contributed by atoms with Crippen LogP contribution in [0.25, 0.3) is 0 Å². The largest absolute Gasteiger partial charge is 0.573 e. The van der Waals surface area contributed by atoms with Crippen LogP contribution in [0.3, 0.4) is 0 Å². The molecule has 1 fully saturated rings. The molecule has 194 valence electrons. The second kappa shape index (κ2) is 10.9. The maximum Gasteiger partial charge on any atom is 0.573 e. The van der Waals surface area contributed by atoms with E-state index in [4.69, 9.17) is 4.74 Å². The summed E-state index contributed by atoms with van der Waals surface area (Å²) in [5.41, 5.74) is 0.458. The number of methoxy groups -OCH3 is 1. The van der Waals surface area contributed by atoms with E-state index in [1.54, 1.807) is 0 Å². The van der Waals surface area contributed by atoms with Gasteiger partial charge in [-0.3, -0.25) is 9.59 Å². The number of carbonyl (C=O) groups is 2. The molecule has 1 aliphatic heterocycles. The molecular weight excluding hydrogens is 492 g/mol. The number of hydrogen-bond donors (Lipinski definition) is 1. The van der Waals surface area contributed by atoms with E-state index in [0.717, 1.165) is 17.7 Å². The smallest absolute Gasteiger partial charge is 0.497 e. The summed E-state index contributed by atoms with van der Waals surface area (Å²) in [5.74, 6) is -2.66. The zero-order valence-corrected chi connectivity index (χ0v) is 19.8. The molecular formula is C27H24F4N2O4. The van der Waals surface area contributed by atoms with Crippen LogP contribution in [0.1, 0.15) is 38.6 Å². The number of nitrogens with zero attached hydrogens (tertiary/aromatic N) is 1. The van der Waals surface area contributed by atoms with Crippen molar-refractivity contribution in [3.63, 3.8) is 0 Å². The first-order valence-electron chi connectivity index (χ1n) is 11.5. The van der Waals surface area contributed by atoms with Crippen molar-refractivity contribution in [3.05, 3.63) is 95.3 Å². The molecule has 37 heavy (non-hydrogen) atoms. The second-order valence-electron chi connectivity index (χ2n) is 8.53. The summed E-state index contributed by atoms with van der Waals surface area (Å²) in [7, 11) is 1.40. The van der Waals surface area contributed by atoms with Gasteiger partial charge in [-0.25, -0.2) is 4.39 Å². The molecule has 2 amide bonds. The minimum atomic E-state index is -4.95. The predicted octanol–water partition coefficient (Wildman–Crippen LogP) is 5.16. The molecule has 0 spiro atoms. The lowest BCUT2D eigenvalue weighted by atomic mass is 9.85. The quantitative estimate of drug-likeness (QED) is 0.460. The van der Waals surface area contributed by atoms with Crippen molar-refractivity contribution in [2.45, 2.75) is 24.7 Å². The summed E-state index contributed by atoms with van der Waals surface area (Å²) in [6.07, 6.45) is -4.65. The molecule has 3 aromatic carbocycles. The Morgan fingerprint density at radius 2 is 1.68 bits per heavy atom. The number of amides is 2. The van der Waals surface area contributed by atoms with Crippen LogP contribution in [-0.4, -0.2) is 49.3 Å². The van der Waals surface area contributed by atoms with Gasteiger partial charge in [0.1, 0.15) is 17.3 Å². The van der Waals surface area contributed by atoms with Crippen molar-refractivity contribution in [3.8, 4) is 11.5 Å². The Morgan fingerprint density at radius 3 is 2.35 bits per heavy atom. The van der Waals surface area contributed by atoms with Gasteiger partial charge in [-0.15, -0.1) is 13.2 Å². The highest BCUT2D eigenvalue weighted by Gasteiger charge is 2.36. The first kappa shape index (κ1) is 26.0. The number of hydrogen-bond acceptors (Lipinski definition) is 4. The number of benzene rings is 3. The van der Waals surface area contributed by atoms with E-state index in [0.29, 0.717) is 6.42 Å². The monoisotopic (exact) mass is 516 g/mol. The first-order chi connectivity index (χ1) is 17.7. The van der Waals surface area contributed by atoms with Crippen molar-refractivity contribution in [2.75, 3.05) is 20.2 Å². The van der Waals surface area contributed by atoms with E-state index >= 15 is 0 Å². The molecule has 0 radical (unpaired) electrons. The van der Waals surface area contributed by atoms with Gasteiger partial charge in [0.15, 0.2) is 0 Å². The average molecular weight is 516 g/mol. The maximum atomic E-state index is 14.6. The molecule has 0 unspecified atom stereocenters. The fourth-order valence-electron chi connectivity index (χ4n) is 4.43. The third-order valence-electron chi connectivity index (χ3n) is 6.21. The number of nitrogens with one attached hydrogen (secondary N) is 1. The van der Waals surface area contributed by atoms with Crippen LogP contribution in [0.2, 0.25) is 0 Å². The topological polar surface area (TPSA) is 67.9 Å². The Hall–Kier alpha value is -4.08. The fourth-order valence-corrected chi connectivity index (χ4v) is 4.43. The van der Waals surface area contributed by atoms with Gasteiger partial charge in [-0.2, -0.15) is 0 Å². The highest BCUT2D eigenvalue weighted by atomic mass is 19.4. The summed E-state index contributed by atoms with van der Waals surface area (Å²) < 4.78 is 62.1. The summed E-state index contributed by atoms with van der Waals surface area (Å²) in [5, 5.41) is 2.82. The lowest BCUT2D eigenvalue weighted by molar-refractivity contribution is -0.274. The summed E-state index contributed by atoms with van der Waals surface area (Å²) in [6, 6.07) is 17.7. The number of carbonyl (C=O) groups excluding carboxylic acids is 2. The van der Waals surface area contributed by atoms with Gasteiger partial charge >= 0.3 is 6.36 Å². The molecule has 0 saturated carbocycles. The van der Waals surface area contributed by atoms with Crippen molar-refractivity contribution >= 4 is 11.8 Å². The molecule has 1 saturated heterocycles. The highest BCUT2D eigenvalue weighted by Crippen LogP contribution is 2.31. The minimum absolute atomic E-state index is 0.103. The molecule has 0 bridgehead atoms. The number of para-hydroxylation sites is 1. The molecule has 2 atom stereocenters. The third-order valence-corrected chi connectivity index (χ3v) is 6.21. The average Bonchev–Trinajstić information content (AvgIpc) is 2.88. The Morgan fingerprint density at radius 1 is 0.973 bits per heavy atom. The van der Waals surface area contributed by atoms with Crippen LogP contribution < -0.4 is 14.8 Å². The normalized spacial score (nSPS) is 17.7. The van der Waals surface area contributed by atoms with Gasteiger partial charge in [-0.05, 0) is 36.2 Å². The van der Waals surface area contributed by atoms with Crippen molar-refractivity contribution in [1.29, 1.82) is 0 Å². The fraction of sp³-hybridized carbons (Fsp3) is 0.259. The molecule has 0 aliphatic carbocycles. The molecule has 0 aromatic heterocycles. The number of ether oxygens (including phenoxy) is 2. The Balaban J connectivity index is 1.57. The minimum Gasteiger partial charge on any atom is -0.497 e. The number of alkyl halides is 3. The highest BCUT2D eigenvalue weighted by molar-refractivity contribution is 5.97. The second-order valence-corrected chi connectivity index (χ2v) is 8.53. The number of rotatable bonds is 6. The molecule has 4 rings (SSSR count). The maximum absolute atomic E-state index is 14.6.